The lowest BCUT2D eigenvalue weighted by molar-refractivity contribution is 0.0696. The van der Waals surface area contributed by atoms with Crippen LogP contribution in [-0.4, -0.2) is 16.1 Å². The van der Waals surface area contributed by atoms with E-state index in [4.69, 9.17) is 16.7 Å². The summed E-state index contributed by atoms with van der Waals surface area (Å²) in [6.45, 7) is 1.92. The molecule has 96 valence electrons. The van der Waals surface area contributed by atoms with Gasteiger partial charge in [0.15, 0.2) is 0 Å². The van der Waals surface area contributed by atoms with Gasteiger partial charge in [-0.15, -0.1) is 0 Å². The maximum Gasteiger partial charge on any atom is 0.336 e. The lowest BCUT2D eigenvalue weighted by Gasteiger charge is -2.04. The molecule has 0 aliphatic heterocycles. The second-order valence-electron chi connectivity index (χ2n) is 4.10. The Balaban J connectivity index is 2.41. The zero-order valence-electron chi connectivity index (χ0n) is 10.3. The fourth-order valence-corrected chi connectivity index (χ4v) is 1.87. The summed E-state index contributed by atoms with van der Waals surface area (Å²) in [6, 6.07) is 8.88. The third-order valence-corrected chi connectivity index (χ3v) is 3.01. The number of nitrogens with zero attached hydrogens (tertiary/aromatic N) is 1. The summed E-state index contributed by atoms with van der Waals surface area (Å²) in [5, 5.41) is 9.78. The number of hydrogen-bond acceptors (Lipinski definition) is 2. The molecule has 4 heteroatoms. The van der Waals surface area contributed by atoms with E-state index in [1.807, 2.05) is 19.1 Å². The van der Waals surface area contributed by atoms with E-state index < -0.39 is 5.97 Å². The molecule has 1 aromatic heterocycles. The number of carboxylic acid groups (broad SMARTS) is 1. The second-order valence-corrected chi connectivity index (χ2v) is 4.54. The van der Waals surface area contributed by atoms with Crippen molar-refractivity contribution in [3.8, 4) is 0 Å². The van der Waals surface area contributed by atoms with Crippen LogP contribution < -0.4 is 0 Å². The first-order valence-corrected chi connectivity index (χ1v) is 6.07. The van der Waals surface area contributed by atoms with Gasteiger partial charge in [-0.3, -0.25) is 4.98 Å². The van der Waals surface area contributed by atoms with Crippen LogP contribution in [0.15, 0.2) is 42.7 Å². The van der Waals surface area contributed by atoms with Crippen LogP contribution in [0.2, 0.25) is 5.02 Å². The Morgan fingerprint density at radius 2 is 1.95 bits per heavy atom. The topological polar surface area (TPSA) is 50.2 Å². The molecule has 3 nitrogen and oxygen atoms in total. The van der Waals surface area contributed by atoms with Gasteiger partial charge in [0.1, 0.15) is 0 Å². The fraction of sp³-hybridized carbons (Fsp3) is 0.0667. The Morgan fingerprint density at radius 3 is 2.58 bits per heavy atom. The Kier molecular flexibility index (Phi) is 3.97. The molecular weight excluding hydrogens is 262 g/mol. The average molecular weight is 274 g/mol. The monoisotopic (exact) mass is 273 g/mol. The molecule has 0 saturated heterocycles. The highest BCUT2D eigenvalue weighted by Gasteiger charge is 2.08. The number of allylic oxidation sites excluding steroid dienone is 1. The third-order valence-electron chi connectivity index (χ3n) is 2.75. The largest absolute Gasteiger partial charge is 0.478 e. The Morgan fingerprint density at radius 1 is 1.26 bits per heavy atom. The SMILES string of the molecule is CC(=Cc1cnccc1C(=O)O)c1ccc(Cl)cc1. The number of aromatic carboxylic acids is 1. The molecule has 0 spiro atoms. The molecule has 0 aliphatic carbocycles. The van der Waals surface area contributed by atoms with Crippen molar-refractivity contribution in [1.29, 1.82) is 0 Å². The highest BCUT2D eigenvalue weighted by molar-refractivity contribution is 6.30. The van der Waals surface area contributed by atoms with Crippen molar-refractivity contribution in [2.24, 2.45) is 0 Å². The van der Waals surface area contributed by atoms with Crippen LogP contribution in [0.1, 0.15) is 28.4 Å². The molecule has 2 rings (SSSR count). The van der Waals surface area contributed by atoms with Gasteiger partial charge in [-0.1, -0.05) is 23.7 Å². The van der Waals surface area contributed by atoms with Gasteiger partial charge < -0.3 is 5.11 Å². The smallest absolute Gasteiger partial charge is 0.336 e. The Hall–Kier alpha value is -2.13. The summed E-state index contributed by atoms with van der Waals surface area (Å²) in [4.78, 5) is 15.1. The highest BCUT2D eigenvalue weighted by Crippen LogP contribution is 2.21. The maximum atomic E-state index is 11.1. The van der Waals surface area contributed by atoms with E-state index in [2.05, 4.69) is 4.98 Å². The van der Waals surface area contributed by atoms with Crippen LogP contribution in [0.5, 0.6) is 0 Å². The van der Waals surface area contributed by atoms with E-state index in [0.717, 1.165) is 11.1 Å². The number of rotatable bonds is 3. The molecular formula is C15H12ClNO2. The lowest BCUT2D eigenvalue weighted by Crippen LogP contribution is -1.99. The zero-order valence-corrected chi connectivity index (χ0v) is 11.1. The summed E-state index contributed by atoms with van der Waals surface area (Å²) in [5.41, 5.74) is 2.77. The van der Waals surface area contributed by atoms with Gasteiger partial charge in [-0.2, -0.15) is 0 Å². The molecule has 0 aliphatic rings. The van der Waals surface area contributed by atoms with Gasteiger partial charge in [0.25, 0.3) is 0 Å². The molecule has 0 amide bonds. The first-order valence-electron chi connectivity index (χ1n) is 5.69. The summed E-state index contributed by atoms with van der Waals surface area (Å²) >= 11 is 5.84. The van der Waals surface area contributed by atoms with Crippen molar-refractivity contribution in [3.05, 3.63) is 64.4 Å². The molecule has 19 heavy (non-hydrogen) atoms. The van der Waals surface area contributed by atoms with Crippen molar-refractivity contribution >= 4 is 29.2 Å². The minimum absolute atomic E-state index is 0.239. The van der Waals surface area contributed by atoms with Gasteiger partial charge in [0.2, 0.25) is 0 Å². The summed E-state index contributed by atoms with van der Waals surface area (Å²) in [6.07, 6.45) is 4.82. The molecule has 1 aromatic carbocycles. The maximum absolute atomic E-state index is 11.1. The number of aromatic nitrogens is 1. The highest BCUT2D eigenvalue weighted by atomic mass is 35.5. The average Bonchev–Trinajstić information content (AvgIpc) is 2.39. The van der Waals surface area contributed by atoms with E-state index in [9.17, 15) is 4.79 Å². The van der Waals surface area contributed by atoms with Gasteiger partial charge in [-0.05, 0) is 42.3 Å². The van der Waals surface area contributed by atoms with Crippen LogP contribution in [-0.2, 0) is 0 Å². The molecule has 1 heterocycles. The molecule has 0 bridgehead atoms. The van der Waals surface area contributed by atoms with Gasteiger partial charge in [0.05, 0.1) is 5.56 Å². The van der Waals surface area contributed by atoms with Crippen LogP contribution >= 0.6 is 11.6 Å². The van der Waals surface area contributed by atoms with Crippen molar-refractivity contribution in [3.63, 3.8) is 0 Å². The number of carboxylic acids is 1. The van der Waals surface area contributed by atoms with E-state index in [1.165, 1.54) is 12.3 Å². The van der Waals surface area contributed by atoms with E-state index in [-0.39, 0.29) is 5.56 Å². The summed E-state index contributed by atoms with van der Waals surface area (Å²) < 4.78 is 0. The number of benzene rings is 1. The molecule has 0 radical (unpaired) electrons. The van der Waals surface area contributed by atoms with Crippen LogP contribution in [0, 0.1) is 0 Å². The van der Waals surface area contributed by atoms with Gasteiger partial charge >= 0.3 is 5.97 Å². The van der Waals surface area contributed by atoms with Crippen molar-refractivity contribution in [1.82, 2.24) is 4.98 Å². The first kappa shape index (κ1) is 13.3. The van der Waals surface area contributed by atoms with Crippen molar-refractivity contribution in [2.45, 2.75) is 6.92 Å². The van der Waals surface area contributed by atoms with Gasteiger partial charge in [-0.25, -0.2) is 4.79 Å². The molecule has 2 aromatic rings. The molecule has 0 saturated carbocycles. The Bertz CT molecular complexity index is 633. The van der Waals surface area contributed by atoms with Crippen LogP contribution in [0.4, 0.5) is 0 Å². The van der Waals surface area contributed by atoms with E-state index in [0.29, 0.717) is 10.6 Å². The summed E-state index contributed by atoms with van der Waals surface area (Å²) in [5.74, 6) is -0.961. The van der Waals surface area contributed by atoms with Crippen LogP contribution in [0.25, 0.3) is 11.6 Å². The predicted octanol–water partition coefficient (Wildman–Crippen LogP) is 3.99. The number of carbonyl (C=O) groups is 1. The Labute approximate surface area is 116 Å². The van der Waals surface area contributed by atoms with Gasteiger partial charge in [0, 0.05) is 23.0 Å². The molecule has 1 N–H and O–H groups in total. The van der Waals surface area contributed by atoms with Crippen molar-refractivity contribution in [2.75, 3.05) is 0 Å². The van der Waals surface area contributed by atoms with Crippen molar-refractivity contribution < 1.29 is 9.90 Å². The predicted molar refractivity (Wildman–Crippen MR) is 76.2 cm³/mol. The van der Waals surface area contributed by atoms with E-state index >= 15 is 0 Å². The fourth-order valence-electron chi connectivity index (χ4n) is 1.75. The number of hydrogen-bond donors (Lipinski definition) is 1. The molecule has 0 atom stereocenters. The standard InChI is InChI=1S/C15H12ClNO2/c1-10(11-2-4-13(16)5-3-11)8-12-9-17-7-6-14(12)15(18)19/h2-9H,1H3,(H,18,19). The quantitative estimate of drug-likeness (QED) is 0.920. The summed E-state index contributed by atoms with van der Waals surface area (Å²) in [7, 11) is 0. The normalized spacial score (nSPS) is 11.4. The number of halogens is 1. The lowest BCUT2D eigenvalue weighted by atomic mass is 10.0. The first-order chi connectivity index (χ1) is 9.08. The van der Waals surface area contributed by atoms with Crippen LogP contribution in [0.3, 0.4) is 0 Å². The third kappa shape index (κ3) is 3.20. The minimum atomic E-state index is -0.961. The number of pyridine rings is 1. The molecule has 0 unspecified atom stereocenters. The van der Waals surface area contributed by atoms with E-state index in [1.54, 1.807) is 24.4 Å². The zero-order chi connectivity index (χ0) is 13.8. The second kappa shape index (κ2) is 5.67. The molecule has 0 fully saturated rings. The minimum Gasteiger partial charge on any atom is -0.478 e.